The molecule has 0 atom stereocenters. The fraction of sp³-hybridized carbons (Fsp3) is 0.417. The van der Waals surface area contributed by atoms with E-state index in [0.717, 1.165) is 12.0 Å². The number of para-hydroxylation sites is 1. The molecule has 0 aliphatic carbocycles. The second kappa shape index (κ2) is 4.27. The number of hydrogen-bond donors (Lipinski definition) is 0. The van der Waals surface area contributed by atoms with E-state index in [1.165, 1.54) is 0 Å². The van der Waals surface area contributed by atoms with Crippen molar-refractivity contribution in [3.8, 4) is 5.75 Å². The summed E-state index contributed by atoms with van der Waals surface area (Å²) in [5, 5.41) is 0. The zero-order chi connectivity index (χ0) is 10.6. The normalized spacial score (nSPS) is 11.1. The molecule has 0 bridgehead atoms. The van der Waals surface area contributed by atoms with Crippen molar-refractivity contribution in [1.29, 1.82) is 0 Å². The number of rotatable bonds is 4. The molecule has 0 unspecified atom stereocenters. The second-order valence-corrected chi connectivity index (χ2v) is 3.95. The topological polar surface area (TPSA) is 26.3 Å². The Labute approximate surface area is 84.9 Å². The highest BCUT2D eigenvalue weighted by Crippen LogP contribution is 2.33. The highest BCUT2D eigenvalue weighted by molar-refractivity contribution is 5.49. The van der Waals surface area contributed by atoms with Gasteiger partial charge in [-0.25, -0.2) is 0 Å². The van der Waals surface area contributed by atoms with Crippen LogP contribution < -0.4 is 4.74 Å². The first-order valence-corrected chi connectivity index (χ1v) is 4.81. The number of ether oxygens (including phenoxy) is 1. The lowest BCUT2D eigenvalue weighted by molar-refractivity contribution is -0.120. The van der Waals surface area contributed by atoms with Gasteiger partial charge in [0.1, 0.15) is 5.75 Å². The van der Waals surface area contributed by atoms with Crippen LogP contribution in [0.15, 0.2) is 24.3 Å². The van der Waals surface area contributed by atoms with E-state index in [1.54, 1.807) is 0 Å². The molecule has 0 saturated carbocycles. The van der Waals surface area contributed by atoms with Crippen LogP contribution in [-0.2, 0) is 10.2 Å². The molecule has 0 aliphatic rings. The summed E-state index contributed by atoms with van der Waals surface area (Å²) >= 11 is 0. The summed E-state index contributed by atoms with van der Waals surface area (Å²) in [5.74, 6) is 0.661. The van der Waals surface area contributed by atoms with Gasteiger partial charge in [-0.05, 0) is 17.9 Å². The molecule has 0 heterocycles. The van der Waals surface area contributed by atoms with E-state index in [0.29, 0.717) is 12.2 Å². The van der Waals surface area contributed by atoms with Crippen LogP contribution in [0.5, 0.6) is 5.75 Å². The summed E-state index contributed by atoms with van der Waals surface area (Å²) in [6.45, 7) is 6.88. The van der Waals surface area contributed by atoms with Crippen LogP contribution in [0.2, 0.25) is 0 Å². The minimum absolute atomic E-state index is 0.0413. The van der Waals surface area contributed by atoms with Gasteiger partial charge < -0.3 is 4.74 Å². The largest absolute Gasteiger partial charge is 0.428 e. The van der Waals surface area contributed by atoms with Crippen LogP contribution in [0.3, 0.4) is 0 Å². The molecule has 0 spiro atoms. The van der Waals surface area contributed by atoms with Crippen molar-refractivity contribution < 1.29 is 9.53 Å². The third-order valence-electron chi connectivity index (χ3n) is 2.68. The van der Waals surface area contributed by atoms with Crippen molar-refractivity contribution in [3.63, 3.8) is 0 Å². The Kier molecular flexibility index (Phi) is 3.28. The molecule has 2 nitrogen and oxygen atoms in total. The monoisotopic (exact) mass is 192 g/mol. The Hall–Kier alpha value is -1.31. The summed E-state index contributed by atoms with van der Waals surface area (Å²) in [4.78, 5) is 10.3. The zero-order valence-corrected chi connectivity index (χ0v) is 8.91. The van der Waals surface area contributed by atoms with Crippen LogP contribution in [0, 0.1) is 0 Å². The Morgan fingerprint density at radius 3 is 2.57 bits per heavy atom. The minimum Gasteiger partial charge on any atom is -0.428 e. The lowest BCUT2D eigenvalue weighted by Gasteiger charge is -2.24. The standard InChI is InChI=1S/C12H16O2/c1-4-12(2,3)10-7-5-6-8-11(10)14-9-13/h5-9H,4H2,1-3H3. The first kappa shape index (κ1) is 10.8. The van der Waals surface area contributed by atoms with E-state index in [-0.39, 0.29) is 5.41 Å². The summed E-state index contributed by atoms with van der Waals surface area (Å²) in [6, 6.07) is 7.65. The van der Waals surface area contributed by atoms with E-state index in [9.17, 15) is 4.79 Å². The average Bonchev–Trinajstić information content (AvgIpc) is 2.19. The highest BCUT2D eigenvalue weighted by atomic mass is 16.5. The van der Waals surface area contributed by atoms with Crippen LogP contribution in [0.4, 0.5) is 0 Å². The molecule has 0 saturated heterocycles. The van der Waals surface area contributed by atoms with Gasteiger partial charge in [0, 0.05) is 5.56 Å². The van der Waals surface area contributed by atoms with Crippen LogP contribution in [0.25, 0.3) is 0 Å². The molecule has 0 fully saturated rings. The lowest BCUT2D eigenvalue weighted by atomic mass is 9.82. The molecule has 0 N–H and O–H groups in total. The molecule has 1 aromatic carbocycles. The van der Waals surface area contributed by atoms with Crippen molar-refractivity contribution in [1.82, 2.24) is 0 Å². The molecular formula is C12H16O2. The van der Waals surface area contributed by atoms with Gasteiger partial charge in [-0.1, -0.05) is 39.0 Å². The maximum Gasteiger partial charge on any atom is 0.298 e. The van der Waals surface area contributed by atoms with Gasteiger partial charge in [-0.3, -0.25) is 4.79 Å². The summed E-state index contributed by atoms with van der Waals surface area (Å²) < 4.78 is 4.94. The van der Waals surface area contributed by atoms with Gasteiger partial charge in [-0.2, -0.15) is 0 Å². The Morgan fingerprint density at radius 1 is 1.36 bits per heavy atom. The molecule has 14 heavy (non-hydrogen) atoms. The molecule has 0 aromatic heterocycles. The quantitative estimate of drug-likeness (QED) is 0.685. The molecule has 2 heteroatoms. The number of carbonyl (C=O) groups excluding carboxylic acids is 1. The number of hydrogen-bond acceptors (Lipinski definition) is 2. The van der Waals surface area contributed by atoms with E-state index in [1.807, 2.05) is 24.3 Å². The van der Waals surface area contributed by atoms with Crippen molar-refractivity contribution in [2.45, 2.75) is 32.6 Å². The molecule has 76 valence electrons. The average molecular weight is 192 g/mol. The lowest BCUT2D eigenvalue weighted by Crippen LogP contribution is -2.16. The predicted octanol–water partition coefficient (Wildman–Crippen LogP) is 2.91. The van der Waals surface area contributed by atoms with Gasteiger partial charge in [0.05, 0.1) is 0 Å². The molecular weight excluding hydrogens is 176 g/mol. The molecule has 1 aromatic rings. The molecule has 0 amide bonds. The first-order chi connectivity index (χ1) is 6.61. The minimum atomic E-state index is 0.0413. The summed E-state index contributed by atoms with van der Waals surface area (Å²) in [7, 11) is 0. The third-order valence-corrected chi connectivity index (χ3v) is 2.68. The van der Waals surface area contributed by atoms with Crippen molar-refractivity contribution in [2.75, 3.05) is 0 Å². The fourth-order valence-corrected chi connectivity index (χ4v) is 1.37. The van der Waals surface area contributed by atoms with Crippen LogP contribution in [0.1, 0.15) is 32.8 Å². The highest BCUT2D eigenvalue weighted by Gasteiger charge is 2.21. The van der Waals surface area contributed by atoms with Gasteiger partial charge in [-0.15, -0.1) is 0 Å². The van der Waals surface area contributed by atoms with E-state index in [4.69, 9.17) is 4.74 Å². The maximum absolute atomic E-state index is 10.3. The SMILES string of the molecule is CCC(C)(C)c1ccccc1OC=O. The first-order valence-electron chi connectivity index (χ1n) is 4.81. The second-order valence-electron chi connectivity index (χ2n) is 3.95. The van der Waals surface area contributed by atoms with E-state index in [2.05, 4.69) is 20.8 Å². The van der Waals surface area contributed by atoms with E-state index < -0.39 is 0 Å². The van der Waals surface area contributed by atoms with Gasteiger partial charge in [0.25, 0.3) is 6.47 Å². The third kappa shape index (κ3) is 2.13. The van der Waals surface area contributed by atoms with E-state index >= 15 is 0 Å². The van der Waals surface area contributed by atoms with Crippen molar-refractivity contribution >= 4 is 6.47 Å². The van der Waals surface area contributed by atoms with Crippen LogP contribution in [-0.4, -0.2) is 6.47 Å². The molecule has 1 rings (SSSR count). The summed E-state index contributed by atoms with van der Waals surface area (Å²) in [5.41, 5.74) is 1.12. The Bertz CT molecular complexity index is 316. The Morgan fingerprint density at radius 2 is 2.00 bits per heavy atom. The van der Waals surface area contributed by atoms with Gasteiger partial charge in [0.2, 0.25) is 0 Å². The predicted molar refractivity (Wildman–Crippen MR) is 56.5 cm³/mol. The van der Waals surface area contributed by atoms with Crippen molar-refractivity contribution in [2.24, 2.45) is 0 Å². The summed E-state index contributed by atoms with van der Waals surface area (Å²) in [6.07, 6.45) is 1.01. The molecule has 0 radical (unpaired) electrons. The number of carbonyl (C=O) groups is 1. The number of benzene rings is 1. The maximum atomic E-state index is 10.3. The van der Waals surface area contributed by atoms with Crippen LogP contribution >= 0.6 is 0 Å². The van der Waals surface area contributed by atoms with Gasteiger partial charge >= 0.3 is 0 Å². The van der Waals surface area contributed by atoms with Gasteiger partial charge in [0.15, 0.2) is 0 Å². The van der Waals surface area contributed by atoms with Crippen molar-refractivity contribution in [3.05, 3.63) is 29.8 Å². The molecule has 0 aliphatic heterocycles. The smallest absolute Gasteiger partial charge is 0.298 e. The Balaban J connectivity index is 3.12. The zero-order valence-electron chi connectivity index (χ0n) is 8.91. The fourth-order valence-electron chi connectivity index (χ4n) is 1.37.